The second-order valence-corrected chi connectivity index (χ2v) is 9.26. The van der Waals surface area contributed by atoms with Gasteiger partial charge in [0.15, 0.2) is 0 Å². The summed E-state index contributed by atoms with van der Waals surface area (Å²) in [7, 11) is -3.77. The Kier molecular flexibility index (Phi) is 6.75. The molecule has 2 N–H and O–H groups in total. The minimum Gasteiger partial charge on any atom is -0.352 e. The fourth-order valence-corrected chi connectivity index (χ4v) is 4.99. The van der Waals surface area contributed by atoms with Gasteiger partial charge in [-0.15, -0.1) is 0 Å². The van der Waals surface area contributed by atoms with Crippen LogP contribution in [-0.4, -0.2) is 38.3 Å². The molecule has 9 heteroatoms. The predicted molar refractivity (Wildman–Crippen MR) is 88.3 cm³/mol. The average molecular weight is 384 g/mol. The van der Waals surface area contributed by atoms with Gasteiger partial charge in [-0.1, -0.05) is 13.3 Å². The lowest BCUT2D eigenvalue weighted by Gasteiger charge is -2.31. The van der Waals surface area contributed by atoms with Crippen LogP contribution in [0.2, 0.25) is 0 Å². The normalized spacial score (nSPS) is 31.5. The van der Waals surface area contributed by atoms with Crippen LogP contribution in [0, 0.1) is 11.8 Å². The van der Waals surface area contributed by atoms with Gasteiger partial charge in [0.1, 0.15) is 5.75 Å². The Morgan fingerprint density at radius 1 is 1.04 bits per heavy atom. The zero-order chi connectivity index (χ0) is 18.7. The molecule has 0 aromatic rings. The molecule has 0 spiro atoms. The predicted octanol–water partition coefficient (Wildman–Crippen LogP) is 2.72. The first-order chi connectivity index (χ1) is 11.5. The Balaban J connectivity index is 1.80. The monoisotopic (exact) mass is 384 g/mol. The molecule has 2 fully saturated rings. The van der Waals surface area contributed by atoms with Crippen molar-refractivity contribution in [3.8, 4) is 0 Å². The van der Waals surface area contributed by atoms with Crippen LogP contribution in [0.3, 0.4) is 0 Å². The summed E-state index contributed by atoms with van der Waals surface area (Å²) in [5.41, 5.74) is 0. The molecule has 0 saturated heterocycles. The first-order valence-electron chi connectivity index (χ1n) is 8.91. The Labute approximate surface area is 147 Å². The van der Waals surface area contributed by atoms with E-state index in [0.29, 0.717) is 18.8 Å². The lowest BCUT2D eigenvalue weighted by atomic mass is 9.85. The highest BCUT2D eigenvalue weighted by Crippen LogP contribution is 2.37. The second-order valence-electron chi connectivity index (χ2n) is 7.50. The SMILES string of the molecule is CC1CCC(NS(=O)(=O)CC(=O)N[C@@H]2CCC[C@@H](C(F)(F)F)C2)CC1. The molecule has 0 bridgehead atoms. The molecule has 0 radical (unpaired) electrons. The van der Waals surface area contributed by atoms with Crippen molar-refractivity contribution in [3.63, 3.8) is 0 Å². The van der Waals surface area contributed by atoms with Crippen molar-refractivity contribution in [3.05, 3.63) is 0 Å². The molecule has 0 heterocycles. The van der Waals surface area contributed by atoms with E-state index in [0.717, 1.165) is 25.7 Å². The van der Waals surface area contributed by atoms with Crippen molar-refractivity contribution in [2.24, 2.45) is 11.8 Å². The standard InChI is InChI=1S/C16H27F3N2O3S/c1-11-5-7-13(8-6-11)21-25(23,24)10-15(22)20-14-4-2-3-12(9-14)16(17,18)19/h11-14,21H,2-10H2,1H3,(H,20,22)/t11?,12-,13?,14-/m1/s1. The van der Waals surface area contributed by atoms with Gasteiger partial charge in [-0.25, -0.2) is 13.1 Å². The molecule has 1 amide bonds. The zero-order valence-corrected chi connectivity index (χ0v) is 15.3. The molecule has 0 unspecified atom stereocenters. The van der Waals surface area contributed by atoms with Crippen LogP contribution >= 0.6 is 0 Å². The minimum absolute atomic E-state index is 0.0653. The third kappa shape index (κ3) is 6.77. The van der Waals surface area contributed by atoms with Crippen molar-refractivity contribution < 1.29 is 26.4 Å². The second kappa shape index (κ2) is 8.24. The van der Waals surface area contributed by atoms with Crippen LogP contribution in [0.1, 0.15) is 58.3 Å². The van der Waals surface area contributed by atoms with Gasteiger partial charge in [0.05, 0.1) is 5.92 Å². The Bertz CT molecular complexity index is 557. The first-order valence-corrected chi connectivity index (χ1v) is 10.6. The Morgan fingerprint density at radius 2 is 1.68 bits per heavy atom. The van der Waals surface area contributed by atoms with E-state index in [-0.39, 0.29) is 18.9 Å². The van der Waals surface area contributed by atoms with Gasteiger partial charge < -0.3 is 5.32 Å². The molecular weight excluding hydrogens is 357 g/mol. The van der Waals surface area contributed by atoms with Gasteiger partial charge in [-0.05, 0) is 50.9 Å². The van der Waals surface area contributed by atoms with E-state index in [4.69, 9.17) is 0 Å². The highest BCUT2D eigenvalue weighted by molar-refractivity contribution is 7.90. The van der Waals surface area contributed by atoms with Gasteiger partial charge in [-0.3, -0.25) is 4.79 Å². The number of hydrogen-bond donors (Lipinski definition) is 2. The maximum atomic E-state index is 12.8. The summed E-state index contributed by atoms with van der Waals surface area (Å²) in [6, 6.07) is -0.767. The summed E-state index contributed by atoms with van der Waals surface area (Å²) in [5, 5.41) is 2.46. The quantitative estimate of drug-likeness (QED) is 0.765. The zero-order valence-electron chi connectivity index (χ0n) is 14.4. The summed E-state index contributed by atoms with van der Waals surface area (Å²) in [4.78, 5) is 12.0. The van der Waals surface area contributed by atoms with E-state index >= 15 is 0 Å². The summed E-state index contributed by atoms with van der Waals surface area (Å²) in [5.74, 6) is -2.31. The Morgan fingerprint density at radius 3 is 2.28 bits per heavy atom. The van der Waals surface area contributed by atoms with Crippen molar-refractivity contribution >= 4 is 15.9 Å². The lowest BCUT2D eigenvalue weighted by molar-refractivity contribution is -0.184. The van der Waals surface area contributed by atoms with Gasteiger partial charge >= 0.3 is 6.18 Å². The third-order valence-electron chi connectivity index (χ3n) is 5.19. The highest BCUT2D eigenvalue weighted by atomic mass is 32.2. The van der Waals surface area contributed by atoms with Gasteiger partial charge in [0.25, 0.3) is 0 Å². The Hall–Kier alpha value is -0.830. The first kappa shape index (κ1) is 20.5. The van der Waals surface area contributed by atoms with Gasteiger partial charge in [0.2, 0.25) is 15.9 Å². The number of hydrogen-bond acceptors (Lipinski definition) is 3. The molecular formula is C16H27F3N2O3S. The molecule has 5 nitrogen and oxygen atoms in total. The molecule has 2 aliphatic carbocycles. The lowest BCUT2D eigenvalue weighted by Crippen LogP contribution is -2.46. The van der Waals surface area contributed by atoms with Crippen molar-refractivity contribution in [1.29, 1.82) is 0 Å². The molecule has 0 aromatic carbocycles. The van der Waals surface area contributed by atoms with E-state index in [2.05, 4.69) is 17.0 Å². The number of nitrogens with one attached hydrogen (secondary N) is 2. The largest absolute Gasteiger partial charge is 0.391 e. The number of rotatable bonds is 5. The molecule has 2 rings (SSSR count). The molecule has 2 atom stereocenters. The highest BCUT2D eigenvalue weighted by Gasteiger charge is 2.42. The molecule has 25 heavy (non-hydrogen) atoms. The minimum atomic E-state index is -4.27. The molecule has 2 saturated carbocycles. The van der Waals surface area contributed by atoms with E-state index in [1.807, 2.05) is 0 Å². The van der Waals surface area contributed by atoms with Crippen LogP contribution in [0.15, 0.2) is 0 Å². The number of carbonyl (C=O) groups excluding carboxylic acids is 1. The molecule has 0 aromatic heterocycles. The fourth-order valence-electron chi connectivity index (χ4n) is 3.73. The summed E-state index contributed by atoms with van der Waals surface area (Å²) in [6.07, 6.45) is -0.169. The molecule has 146 valence electrons. The number of alkyl halides is 3. The number of amides is 1. The maximum Gasteiger partial charge on any atom is 0.391 e. The summed E-state index contributed by atoms with van der Waals surface area (Å²) >= 11 is 0. The average Bonchev–Trinajstić information content (AvgIpc) is 2.48. The summed E-state index contributed by atoms with van der Waals surface area (Å²) < 4.78 is 65.1. The van der Waals surface area contributed by atoms with Crippen molar-refractivity contribution in [2.45, 2.75) is 76.6 Å². The van der Waals surface area contributed by atoms with E-state index < -0.39 is 39.8 Å². The van der Waals surface area contributed by atoms with Crippen molar-refractivity contribution in [1.82, 2.24) is 10.0 Å². The fraction of sp³-hybridized carbons (Fsp3) is 0.938. The van der Waals surface area contributed by atoms with Crippen LogP contribution < -0.4 is 10.0 Å². The van der Waals surface area contributed by atoms with Crippen LogP contribution in [0.5, 0.6) is 0 Å². The molecule has 2 aliphatic rings. The number of halogens is 3. The van der Waals surface area contributed by atoms with Crippen LogP contribution in [-0.2, 0) is 14.8 Å². The third-order valence-corrected chi connectivity index (χ3v) is 6.52. The number of sulfonamides is 1. The van der Waals surface area contributed by atoms with Gasteiger partial charge in [0, 0.05) is 12.1 Å². The van der Waals surface area contributed by atoms with E-state index in [9.17, 15) is 26.4 Å². The number of carbonyl (C=O) groups is 1. The summed E-state index contributed by atoms with van der Waals surface area (Å²) in [6.45, 7) is 2.12. The molecule has 0 aliphatic heterocycles. The smallest absolute Gasteiger partial charge is 0.352 e. The maximum absolute atomic E-state index is 12.8. The topological polar surface area (TPSA) is 75.3 Å². The van der Waals surface area contributed by atoms with Crippen molar-refractivity contribution in [2.75, 3.05) is 5.75 Å². The van der Waals surface area contributed by atoms with E-state index in [1.54, 1.807) is 0 Å². The van der Waals surface area contributed by atoms with Gasteiger partial charge in [-0.2, -0.15) is 13.2 Å². The van der Waals surface area contributed by atoms with E-state index in [1.165, 1.54) is 0 Å². The van der Waals surface area contributed by atoms with Crippen LogP contribution in [0.4, 0.5) is 13.2 Å². The van der Waals surface area contributed by atoms with Crippen LogP contribution in [0.25, 0.3) is 0 Å².